The van der Waals surface area contributed by atoms with Crippen LogP contribution < -0.4 is 20.4 Å². The minimum atomic E-state index is -3.29. The van der Waals surface area contributed by atoms with E-state index >= 15 is 8.78 Å². The molecule has 4 aromatic heterocycles. The molecule has 2 amide bonds. The number of carbonyl (C=O) groups is 2. The van der Waals surface area contributed by atoms with E-state index < -0.39 is 24.3 Å². The maximum Gasteiger partial charge on any atom is 0.268 e. The van der Waals surface area contributed by atoms with Crippen molar-refractivity contribution >= 4 is 66.6 Å². The zero-order valence-corrected chi connectivity index (χ0v) is 38.7. The SMILES string of the molecule is CC1CC(CC(Cc2c[nH]c3ccccc23)NC(=O)c2sc(N3CCN(C)CC3)nc2CCCC(F)(F)C(Cc2c[nH]c3ccccc23)NC(=O)c2cnc(N3CCN(C)CC3)s2)C1. The molecule has 1 aliphatic carbocycles. The number of piperazine rings is 2. The van der Waals surface area contributed by atoms with Gasteiger partial charge in [0.15, 0.2) is 10.3 Å². The Morgan fingerprint density at radius 2 is 1.39 bits per heavy atom. The van der Waals surface area contributed by atoms with Crippen LogP contribution in [0.25, 0.3) is 21.8 Å². The smallest absolute Gasteiger partial charge is 0.268 e. The Morgan fingerprint density at radius 3 is 2.02 bits per heavy atom. The first-order valence-corrected chi connectivity index (χ1v) is 24.5. The number of aryl methyl sites for hydroxylation is 1. The summed E-state index contributed by atoms with van der Waals surface area (Å²) in [6.45, 7) is 8.92. The molecule has 0 bridgehead atoms. The molecule has 2 aliphatic heterocycles. The molecule has 2 saturated heterocycles. The number of halogens is 2. The summed E-state index contributed by atoms with van der Waals surface area (Å²) >= 11 is 2.61. The van der Waals surface area contributed by atoms with Crippen LogP contribution in [0.4, 0.5) is 19.0 Å². The van der Waals surface area contributed by atoms with Crippen molar-refractivity contribution in [3.05, 3.63) is 93.7 Å². The van der Waals surface area contributed by atoms with Gasteiger partial charge in [0.25, 0.3) is 17.7 Å². The van der Waals surface area contributed by atoms with Crippen molar-refractivity contribution in [2.24, 2.45) is 11.8 Å². The molecular weight excluding hydrogens is 851 g/mol. The third-order valence-corrected chi connectivity index (χ3v) is 15.8. The molecule has 16 heteroatoms. The highest BCUT2D eigenvalue weighted by Gasteiger charge is 2.41. The average molecular weight is 911 g/mol. The van der Waals surface area contributed by atoms with Gasteiger partial charge >= 0.3 is 0 Å². The van der Waals surface area contributed by atoms with E-state index in [0.29, 0.717) is 39.3 Å². The molecule has 6 aromatic rings. The summed E-state index contributed by atoms with van der Waals surface area (Å²) in [6, 6.07) is 14.3. The number of hydrogen-bond acceptors (Lipinski definition) is 10. The quantitative estimate of drug-likeness (QED) is 0.0730. The molecule has 0 spiro atoms. The molecule has 64 heavy (non-hydrogen) atoms. The van der Waals surface area contributed by atoms with Crippen LogP contribution in [0.3, 0.4) is 0 Å². The standard InChI is InChI=1S/C48H60F2N10O2S2/c1-31-23-32(24-31)25-35(26-33-28-51-38-11-6-4-9-36(33)38)54-45(62)43-40(55-47(64-43)60-21-17-58(3)18-22-60)13-8-14-48(49,50)42(27-34-29-52-39-12-7-5-10-37(34)39)56-44(61)41-30-53-46(63-41)59-19-15-57(2)16-20-59/h4-7,9-12,28-32,35,42,51-52H,8,13-27H2,1-3H3,(H,54,62)(H,56,61). The Bertz CT molecular complexity index is 2530. The number of fused-ring (bicyclic) bond motifs is 2. The van der Waals surface area contributed by atoms with Crippen LogP contribution in [0.5, 0.6) is 0 Å². The number of para-hydroxylation sites is 2. The first kappa shape index (κ1) is 44.3. The monoisotopic (exact) mass is 910 g/mol. The molecule has 2 atom stereocenters. The fraction of sp³-hybridized carbons (Fsp3) is 0.500. The number of aromatic nitrogens is 4. The van der Waals surface area contributed by atoms with Crippen LogP contribution in [0.15, 0.2) is 67.1 Å². The Hall–Kier alpha value is -4.90. The summed E-state index contributed by atoms with van der Waals surface area (Å²) in [7, 11) is 4.17. The number of hydrogen-bond donors (Lipinski definition) is 4. The average Bonchev–Trinajstić information content (AvgIpc) is 4.10. The van der Waals surface area contributed by atoms with Crippen molar-refractivity contribution in [3.63, 3.8) is 0 Å². The van der Waals surface area contributed by atoms with Crippen LogP contribution in [0.1, 0.15) is 75.2 Å². The van der Waals surface area contributed by atoms with Crippen molar-refractivity contribution < 1.29 is 18.4 Å². The molecule has 3 fully saturated rings. The summed E-state index contributed by atoms with van der Waals surface area (Å²) in [6.07, 6.45) is 8.89. The number of anilines is 2. The summed E-state index contributed by atoms with van der Waals surface area (Å²) in [5.41, 5.74) is 4.34. The van der Waals surface area contributed by atoms with Gasteiger partial charge in [0.2, 0.25) is 0 Å². The number of nitrogens with zero attached hydrogens (tertiary/aromatic N) is 6. The fourth-order valence-electron chi connectivity index (χ4n) is 9.73. The number of carbonyl (C=O) groups excluding carboxylic acids is 2. The molecule has 3 aliphatic rings. The van der Waals surface area contributed by atoms with Crippen molar-refractivity contribution in [1.29, 1.82) is 0 Å². The van der Waals surface area contributed by atoms with E-state index in [4.69, 9.17) is 4.98 Å². The van der Waals surface area contributed by atoms with Gasteiger partial charge in [-0.3, -0.25) is 9.59 Å². The van der Waals surface area contributed by atoms with Gasteiger partial charge in [0.05, 0.1) is 17.9 Å². The number of thiazole rings is 2. The minimum Gasteiger partial charge on any atom is -0.361 e. The molecule has 4 N–H and O–H groups in total. The van der Waals surface area contributed by atoms with Crippen LogP contribution in [0, 0.1) is 11.8 Å². The second-order valence-corrected chi connectivity index (χ2v) is 20.5. The molecule has 2 aromatic carbocycles. The predicted molar refractivity (Wildman–Crippen MR) is 255 cm³/mol. The van der Waals surface area contributed by atoms with Crippen molar-refractivity contribution in [2.75, 3.05) is 76.3 Å². The van der Waals surface area contributed by atoms with Gasteiger partial charge in [-0.15, -0.1) is 0 Å². The first-order valence-electron chi connectivity index (χ1n) is 22.9. The van der Waals surface area contributed by atoms with Crippen molar-refractivity contribution in [2.45, 2.75) is 76.3 Å². The number of likely N-dealkylation sites (N-methyl/N-ethyl adjacent to an activating group) is 2. The van der Waals surface area contributed by atoms with Gasteiger partial charge in [-0.05, 0) is 87.7 Å². The zero-order valence-electron chi connectivity index (χ0n) is 37.0. The Balaban J connectivity index is 0.934. The van der Waals surface area contributed by atoms with E-state index in [2.05, 4.69) is 78.3 Å². The number of aromatic amines is 2. The van der Waals surface area contributed by atoms with Gasteiger partial charge in [-0.2, -0.15) is 0 Å². The van der Waals surface area contributed by atoms with Crippen LogP contribution in [-0.4, -0.2) is 126 Å². The molecule has 6 heterocycles. The number of rotatable bonds is 17. The summed E-state index contributed by atoms with van der Waals surface area (Å²) in [5, 5.41) is 9.66. The third kappa shape index (κ3) is 10.1. The van der Waals surface area contributed by atoms with E-state index in [1.54, 1.807) is 6.20 Å². The Morgan fingerprint density at radius 1 is 0.797 bits per heavy atom. The number of alkyl halides is 2. The summed E-state index contributed by atoms with van der Waals surface area (Å²) in [5.74, 6) is -2.81. The van der Waals surface area contributed by atoms with Gasteiger partial charge in [-0.1, -0.05) is 66.0 Å². The lowest BCUT2D eigenvalue weighted by molar-refractivity contribution is -0.0438. The van der Waals surface area contributed by atoms with Crippen LogP contribution >= 0.6 is 22.7 Å². The number of nitrogens with one attached hydrogen (secondary N) is 4. The molecule has 0 radical (unpaired) electrons. The van der Waals surface area contributed by atoms with Crippen molar-refractivity contribution in [3.8, 4) is 0 Å². The highest BCUT2D eigenvalue weighted by Crippen LogP contribution is 2.38. The number of amides is 2. The fourth-order valence-corrected chi connectivity index (χ4v) is 11.7. The van der Waals surface area contributed by atoms with Gasteiger partial charge in [-0.25, -0.2) is 18.7 Å². The largest absolute Gasteiger partial charge is 0.361 e. The van der Waals surface area contributed by atoms with E-state index in [0.717, 1.165) is 104 Å². The first-order chi connectivity index (χ1) is 31.0. The van der Waals surface area contributed by atoms with E-state index in [1.165, 1.54) is 34.4 Å². The van der Waals surface area contributed by atoms with E-state index in [1.807, 2.05) is 42.6 Å². The number of benzene rings is 2. The van der Waals surface area contributed by atoms with Gasteiger partial charge < -0.3 is 40.2 Å². The van der Waals surface area contributed by atoms with Crippen LogP contribution in [-0.2, 0) is 19.3 Å². The van der Waals surface area contributed by atoms with Crippen LogP contribution in [0.2, 0.25) is 0 Å². The van der Waals surface area contributed by atoms with Crippen molar-refractivity contribution in [1.82, 2.24) is 40.4 Å². The topological polar surface area (TPSA) is 129 Å². The molecular formula is C48H60F2N10O2S2. The molecule has 1 saturated carbocycles. The summed E-state index contributed by atoms with van der Waals surface area (Å²) < 4.78 is 33.7. The normalized spacial score (nSPS) is 19.8. The van der Waals surface area contributed by atoms with E-state index in [-0.39, 0.29) is 31.2 Å². The number of H-pyrrole nitrogens is 2. The lowest BCUT2D eigenvalue weighted by Gasteiger charge is -2.35. The van der Waals surface area contributed by atoms with Gasteiger partial charge in [0, 0.05) is 105 Å². The second-order valence-electron chi connectivity index (χ2n) is 18.5. The maximum absolute atomic E-state index is 16.9. The molecule has 340 valence electrons. The summed E-state index contributed by atoms with van der Waals surface area (Å²) in [4.78, 5) is 54.1. The Kier molecular flexibility index (Phi) is 13.4. The maximum atomic E-state index is 16.9. The second kappa shape index (κ2) is 19.3. The molecule has 12 nitrogen and oxygen atoms in total. The molecule has 9 rings (SSSR count). The van der Waals surface area contributed by atoms with E-state index in [9.17, 15) is 9.59 Å². The highest BCUT2D eigenvalue weighted by atomic mass is 32.1. The third-order valence-electron chi connectivity index (χ3n) is 13.6. The predicted octanol–water partition coefficient (Wildman–Crippen LogP) is 7.84. The highest BCUT2D eigenvalue weighted by molar-refractivity contribution is 7.18. The molecule has 2 unspecified atom stereocenters. The lowest BCUT2D eigenvalue weighted by Crippen LogP contribution is -2.49. The Labute approximate surface area is 381 Å². The van der Waals surface area contributed by atoms with Gasteiger partial charge in [0.1, 0.15) is 9.75 Å². The lowest BCUT2D eigenvalue weighted by atomic mass is 9.72. The zero-order chi connectivity index (χ0) is 44.4. The minimum absolute atomic E-state index is 0.0671.